The van der Waals surface area contributed by atoms with Crippen LogP contribution >= 0.6 is 11.8 Å². The van der Waals surface area contributed by atoms with Crippen molar-refractivity contribution in [1.82, 2.24) is 0 Å². The van der Waals surface area contributed by atoms with Crippen molar-refractivity contribution in [3.8, 4) is 0 Å². The van der Waals surface area contributed by atoms with Gasteiger partial charge in [0.15, 0.2) is 9.84 Å². The quantitative estimate of drug-likeness (QED) is 0.903. The van der Waals surface area contributed by atoms with Gasteiger partial charge in [0.2, 0.25) is 0 Å². The van der Waals surface area contributed by atoms with Gasteiger partial charge in [-0.1, -0.05) is 25.5 Å². The van der Waals surface area contributed by atoms with Crippen molar-refractivity contribution in [3.63, 3.8) is 0 Å². The van der Waals surface area contributed by atoms with Gasteiger partial charge in [-0.05, 0) is 37.7 Å². The summed E-state index contributed by atoms with van der Waals surface area (Å²) in [6.45, 7) is 1.69. The lowest BCUT2D eigenvalue weighted by Gasteiger charge is -2.30. The number of hydrogen-bond acceptors (Lipinski definition) is 4. The second-order valence-electron chi connectivity index (χ2n) is 5.27. The van der Waals surface area contributed by atoms with Crippen molar-refractivity contribution >= 4 is 27.3 Å². The summed E-state index contributed by atoms with van der Waals surface area (Å²) in [5.74, 6) is 0.143. The number of hydrogen-bond donors (Lipinski definition) is 1. The highest BCUT2D eigenvalue weighted by Gasteiger charge is 2.23. The first kappa shape index (κ1) is 15.7. The Hall–Kier alpha value is -0.680. The molecule has 3 nitrogen and oxygen atoms in total. The molecule has 1 aliphatic rings. The number of benzene rings is 1. The van der Waals surface area contributed by atoms with Crippen molar-refractivity contribution < 1.29 is 8.42 Å². The van der Waals surface area contributed by atoms with E-state index < -0.39 is 9.84 Å². The van der Waals surface area contributed by atoms with Gasteiger partial charge >= 0.3 is 0 Å². The minimum atomic E-state index is -3.17. The largest absolute Gasteiger partial charge is 0.381 e. The molecule has 0 aliphatic heterocycles. The molecular weight excluding hydrogens is 290 g/mol. The molecule has 1 aliphatic carbocycles. The molecule has 0 spiro atoms. The summed E-state index contributed by atoms with van der Waals surface area (Å²) in [5, 5.41) is 4.15. The van der Waals surface area contributed by atoms with Crippen LogP contribution in [-0.4, -0.2) is 31.7 Å². The molecule has 1 N–H and O–H groups in total. The van der Waals surface area contributed by atoms with Crippen LogP contribution in [-0.2, 0) is 9.84 Å². The first-order valence-corrected chi connectivity index (χ1v) is 10.1. The SMILES string of the molecule is CCS(=O)(=O)c1ccccc1NC1CCCC(SC)C1. The van der Waals surface area contributed by atoms with E-state index in [-0.39, 0.29) is 5.75 Å². The summed E-state index contributed by atoms with van der Waals surface area (Å²) in [7, 11) is -3.17. The number of para-hydroxylation sites is 1. The lowest BCUT2D eigenvalue weighted by Crippen LogP contribution is -2.29. The van der Waals surface area contributed by atoms with E-state index in [1.165, 1.54) is 12.8 Å². The van der Waals surface area contributed by atoms with E-state index in [1.54, 1.807) is 19.1 Å². The summed E-state index contributed by atoms with van der Waals surface area (Å²) < 4.78 is 24.3. The fourth-order valence-electron chi connectivity index (χ4n) is 2.72. The van der Waals surface area contributed by atoms with Gasteiger partial charge in [-0.25, -0.2) is 8.42 Å². The first-order chi connectivity index (χ1) is 9.56. The van der Waals surface area contributed by atoms with Crippen LogP contribution in [0.15, 0.2) is 29.2 Å². The van der Waals surface area contributed by atoms with Gasteiger partial charge < -0.3 is 5.32 Å². The molecule has 2 atom stereocenters. The predicted molar refractivity (Wildman–Crippen MR) is 87.4 cm³/mol. The molecule has 2 rings (SSSR count). The van der Waals surface area contributed by atoms with E-state index in [0.29, 0.717) is 16.2 Å². The summed E-state index contributed by atoms with van der Waals surface area (Å²) in [4.78, 5) is 0.439. The Morgan fingerprint density at radius 2 is 2.05 bits per heavy atom. The Balaban J connectivity index is 2.17. The maximum Gasteiger partial charge on any atom is 0.180 e. The Morgan fingerprint density at radius 3 is 2.75 bits per heavy atom. The Bertz CT molecular complexity index is 543. The van der Waals surface area contributed by atoms with Crippen LogP contribution in [0.5, 0.6) is 0 Å². The van der Waals surface area contributed by atoms with Crippen LogP contribution in [0.4, 0.5) is 5.69 Å². The minimum Gasteiger partial charge on any atom is -0.381 e. The maximum absolute atomic E-state index is 12.1. The summed E-state index contributed by atoms with van der Waals surface area (Å²) in [6.07, 6.45) is 6.88. The monoisotopic (exact) mass is 313 g/mol. The zero-order valence-corrected chi connectivity index (χ0v) is 13.8. The van der Waals surface area contributed by atoms with Gasteiger partial charge in [-0.2, -0.15) is 11.8 Å². The minimum absolute atomic E-state index is 0.143. The molecule has 1 fully saturated rings. The maximum atomic E-state index is 12.1. The number of rotatable bonds is 5. The van der Waals surface area contributed by atoms with Crippen molar-refractivity contribution in [2.75, 3.05) is 17.3 Å². The van der Waals surface area contributed by atoms with E-state index >= 15 is 0 Å². The number of thioether (sulfide) groups is 1. The van der Waals surface area contributed by atoms with Crippen LogP contribution in [0.25, 0.3) is 0 Å². The first-order valence-electron chi connectivity index (χ1n) is 7.18. The summed E-state index contributed by atoms with van der Waals surface area (Å²) >= 11 is 1.92. The Morgan fingerprint density at radius 1 is 1.30 bits per heavy atom. The highest BCUT2D eigenvalue weighted by Crippen LogP contribution is 2.30. The number of nitrogens with one attached hydrogen (secondary N) is 1. The molecule has 1 saturated carbocycles. The van der Waals surface area contributed by atoms with E-state index in [1.807, 2.05) is 23.9 Å². The zero-order chi connectivity index (χ0) is 14.6. The van der Waals surface area contributed by atoms with Crippen LogP contribution < -0.4 is 5.32 Å². The van der Waals surface area contributed by atoms with E-state index in [2.05, 4.69) is 11.6 Å². The normalized spacial score (nSPS) is 23.5. The summed E-state index contributed by atoms with van der Waals surface area (Å²) in [6, 6.07) is 7.65. The Labute approximate surface area is 126 Å². The number of sulfone groups is 1. The number of anilines is 1. The van der Waals surface area contributed by atoms with Gasteiger partial charge in [0.25, 0.3) is 0 Å². The average molecular weight is 313 g/mol. The molecule has 20 heavy (non-hydrogen) atoms. The molecule has 112 valence electrons. The molecule has 0 bridgehead atoms. The third-order valence-corrected chi connectivity index (χ3v) is 6.80. The fraction of sp³-hybridized carbons (Fsp3) is 0.600. The molecule has 1 aromatic carbocycles. The van der Waals surface area contributed by atoms with Crippen molar-refractivity contribution in [1.29, 1.82) is 0 Å². The van der Waals surface area contributed by atoms with Gasteiger partial charge in [-0.15, -0.1) is 0 Å². The van der Waals surface area contributed by atoms with Crippen molar-refractivity contribution in [2.24, 2.45) is 0 Å². The van der Waals surface area contributed by atoms with E-state index in [0.717, 1.165) is 18.5 Å². The molecule has 5 heteroatoms. The molecule has 0 amide bonds. The van der Waals surface area contributed by atoms with Gasteiger partial charge in [0.1, 0.15) is 0 Å². The topological polar surface area (TPSA) is 46.2 Å². The van der Waals surface area contributed by atoms with Gasteiger partial charge in [0.05, 0.1) is 16.3 Å². The molecule has 0 heterocycles. The van der Waals surface area contributed by atoms with E-state index in [4.69, 9.17) is 0 Å². The molecule has 2 unspecified atom stereocenters. The second-order valence-corrected chi connectivity index (χ2v) is 8.65. The Kier molecular flexibility index (Phi) is 5.38. The molecule has 0 aromatic heterocycles. The second kappa shape index (κ2) is 6.85. The van der Waals surface area contributed by atoms with Gasteiger partial charge in [0, 0.05) is 11.3 Å². The van der Waals surface area contributed by atoms with Crippen LogP contribution in [0.3, 0.4) is 0 Å². The highest BCUT2D eigenvalue weighted by molar-refractivity contribution is 7.99. The lowest BCUT2D eigenvalue weighted by molar-refractivity contribution is 0.473. The fourth-order valence-corrected chi connectivity index (χ4v) is 4.61. The third kappa shape index (κ3) is 3.70. The summed E-state index contributed by atoms with van der Waals surface area (Å²) in [5.41, 5.74) is 0.765. The van der Waals surface area contributed by atoms with Gasteiger partial charge in [-0.3, -0.25) is 0 Å². The lowest BCUT2D eigenvalue weighted by atomic mass is 9.95. The molecule has 0 saturated heterocycles. The highest BCUT2D eigenvalue weighted by atomic mass is 32.2. The molecule has 1 aromatic rings. The van der Waals surface area contributed by atoms with E-state index in [9.17, 15) is 8.42 Å². The third-order valence-electron chi connectivity index (χ3n) is 3.92. The van der Waals surface area contributed by atoms with Crippen molar-refractivity contribution in [2.45, 2.75) is 48.8 Å². The predicted octanol–water partition coefficient (Wildman–Crippen LogP) is 3.57. The standard InChI is InChI=1S/C15H23NO2S2/c1-3-20(17,18)15-10-5-4-9-14(15)16-12-7-6-8-13(11-12)19-2/h4-5,9-10,12-13,16H,3,6-8,11H2,1-2H3. The average Bonchev–Trinajstić information content (AvgIpc) is 2.48. The molecule has 0 radical (unpaired) electrons. The molecular formula is C15H23NO2S2. The zero-order valence-electron chi connectivity index (χ0n) is 12.1. The van der Waals surface area contributed by atoms with Crippen LogP contribution in [0.1, 0.15) is 32.6 Å². The van der Waals surface area contributed by atoms with Crippen molar-refractivity contribution in [3.05, 3.63) is 24.3 Å². The van der Waals surface area contributed by atoms with Crippen LogP contribution in [0, 0.1) is 0 Å². The smallest absolute Gasteiger partial charge is 0.180 e. The van der Waals surface area contributed by atoms with Crippen LogP contribution in [0.2, 0.25) is 0 Å².